The molecule has 0 aromatic carbocycles. The molecule has 3 rings (SSSR count). The van der Waals surface area contributed by atoms with Crippen LogP contribution < -0.4 is 5.56 Å². The Hall–Kier alpha value is -0.570. The van der Waals surface area contributed by atoms with Gasteiger partial charge in [-0.25, -0.2) is 0 Å². The summed E-state index contributed by atoms with van der Waals surface area (Å²) in [6, 6.07) is 2.03. The third-order valence-electron chi connectivity index (χ3n) is 3.29. The molecule has 0 spiro atoms. The van der Waals surface area contributed by atoms with Gasteiger partial charge in [-0.05, 0) is 43.6 Å². The second kappa shape index (κ2) is 3.48. The monoisotopic (exact) mass is 267 g/mol. The summed E-state index contributed by atoms with van der Waals surface area (Å²) in [4.78, 5) is 12.2. The third-order valence-corrected chi connectivity index (χ3v) is 3.98. The van der Waals surface area contributed by atoms with Crippen molar-refractivity contribution in [3.63, 3.8) is 0 Å². The highest BCUT2D eigenvalue weighted by Crippen LogP contribution is 2.41. The predicted molar refractivity (Wildman–Crippen MR) is 63.1 cm³/mol. The Balaban J connectivity index is 2.00. The van der Waals surface area contributed by atoms with E-state index in [0.29, 0.717) is 5.92 Å². The number of aromatic nitrogens is 1. The zero-order chi connectivity index (χ0) is 10.4. The third kappa shape index (κ3) is 1.89. The molecule has 15 heavy (non-hydrogen) atoms. The summed E-state index contributed by atoms with van der Waals surface area (Å²) in [6.07, 6.45) is 6.88. The second-order valence-electron chi connectivity index (χ2n) is 4.75. The van der Waals surface area contributed by atoms with Crippen molar-refractivity contribution in [2.24, 2.45) is 5.92 Å². The zero-order valence-corrected chi connectivity index (χ0v) is 10.2. The van der Waals surface area contributed by atoms with E-state index >= 15 is 0 Å². The van der Waals surface area contributed by atoms with Crippen molar-refractivity contribution in [3.05, 3.63) is 32.7 Å². The maximum atomic E-state index is 12.2. The lowest BCUT2D eigenvalue weighted by atomic mass is 10.2. The second-order valence-corrected chi connectivity index (χ2v) is 5.61. The Morgan fingerprint density at radius 1 is 1.33 bits per heavy atom. The number of halogens is 1. The highest BCUT2D eigenvalue weighted by Gasteiger charge is 2.30. The summed E-state index contributed by atoms with van der Waals surface area (Å²) >= 11 is 3.49. The van der Waals surface area contributed by atoms with Gasteiger partial charge in [-0.1, -0.05) is 15.9 Å². The van der Waals surface area contributed by atoms with Crippen LogP contribution in [0.1, 0.15) is 37.2 Å². The van der Waals surface area contributed by atoms with Crippen LogP contribution in [-0.4, -0.2) is 4.57 Å². The van der Waals surface area contributed by atoms with Crippen molar-refractivity contribution in [2.75, 3.05) is 0 Å². The van der Waals surface area contributed by atoms with Gasteiger partial charge in [-0.3, -0.25) is 4.79 Å². The lowest BCUT2D eigenvalue weighted by Gasteiger charge is -2.08. The van der Waals surface area contributed by atoms with E-state index in [4.69, 9.17) is 0 Å². The summed E-state index contributed by atoms with van der Waals surface area (Å²) in [7, 11) is 0. The average Bonchev–Trinajstić information content (AvgIpc) is 3.03. The minimum absolute atomic E-state index is 0.235. The minimum atomic E-state index is 0.235. The van der Waals surface area contributed by atoms with E-state index in [-0.39, 0.29) is 5.56 Å². The summed E-state index contributed by atoms with van der Waals surface area (Å²) in [6.45, 7) is 0.922. The first-order chi connectivity index (χ1) is 7.25. The van der Waals surface area contributed by atoms with Crippen LogP contribution >= 0.6 is 15.9 Å². The molecular weight excluding hydrogens is 254 g/mol. The topological polar surface area (TPSA) is 22.0 Å². The van der Waals surface area contributed by atoms with Gasteiger partial charge in [0.05, 0.1) is 0 Å². The van der Waals surface area contributed by atoms with E-state index in [1.807, 2.05) is 16.8 Å². The van der Waals surface area contributed by atoms with Gasteiger partial charge in [-0.15, -0.1) is 0 Å². The zero-order valence-electron chi connectivity index (χ0n) is 8.58. The lowest BCUT2D eigenvalue weighted by Crippen LogP contribution is -2.24. The van der Waals surface area contributed by atoms with E-state index in [1.54, 1.807) is 0 Å². The molecule has 1 heterocycles. The predicted octanol–water partition coefficient (Wildman–Crippen LogP) is 2.90. The van der Waals surface area contributed by atoms with Crippen LogP contribution in [0, 0.1) is 5.92 Å². The van der Waals surface area contributed by atoms with Gasteiger partial charge in [0.25, 0.3) is 5.56 Å². The highest BCUT2D eigenvalue weighted by molar-refractivity contribution is 9.10. The van der Waals surface area contributed by atoms with Gasteiger partial charge in [0.2, 0.25) is 0 Å². The van der Waals surface area contributed by atoms with Crippen molar-refractivity contribution < 1.29 is 0 Å². The fourth-order valence-electron chi connectivity index (χ4n) is 2.03. The normalized spacial score (nSPS) is 20.6. The van der Waals surface area contributed by atoms with Gasteiger partial charge in [-0.2, -0.15) is 0 Å². The summed E-state index contributed by atoms with van der Waals surface area (Å²) in [5.41, 5.74) is 1.25. The van der Waals surface area contributed by atoms with Crippen molar-refractivity contribution in [1.29, 1.82) is 0 Å². The first kappa shape index (κ1) is 9.64. The molecule has 0 bridgehead atoms. The molecule has 0 atom stereocenters. The molecule has 2 aliphatic carbocycles. The molecule has 0 amide bonds. The molecule has 0 aliphatic heterocycles. The van der Waals surface area contributed by atoms with E-state index in [0.717, 1.165) is 22.5 Å². The number of rotatable bonds is 3. The highest BCUT2D eigenvalue weighted by atomic mass is 79.9. The molecule has 2 fully saturated rings. The molecule has 2 aliphatic rings. The maximum absolute atomic E-state index is 12.2. The average molecular weight is 268 g/mol. The quantitative estimate of drug-likeness (QED) is 0.826. The fraction of sp³-hybridized carbons (Fsp3) is 0.583. The Kier molecular flexibility index (Phi) is 2.23. The number of pyridine rings is 1. The molecule has 1 aromatic rings. The van der Waals surface area contributed by atoms with Crippen LogP contribution in [0.2, 0.25) is 0 Å². The summed E-state index contributed by atoms with van der Waals surface area (Å²) in [5, 5.41) is 0. The first-order valence-corrected chi connectivity index (χ1v) is 6.44. The largest absolute Gasteiger partial charge is 0.315 e. The van der Waals surface area contributed by atoms with Gasteiger partial charge in [0.15, 0.2) is 0 Å². The van der Waals surface area contributed by atoms with Gasteiger partial charge in [0.1, 0.15) is 0 Å². The van der Waals surface area contributed by atoms with Crippen LogP contribution in [0.15, 0.2) is 21.5 Å². The number of hydrogen-bond acceptors (Lipinski definition) is 1. The molecule has 0 unspecified atom stereocenters. The molecule has 0 saturated heterocycles. The molecule has 2 nitrogen and oxygen atoms in total. The standard InChI is InChI=1S/C12H14BrNO/c13-10-5-6-14(7-8-1-2-8)12(15)11(10)9-3-4-9/h5-6,8-9H,1-4,7H2. The Morgan fingerprint density at radius 2 is 2.07 bits per heavy atom. The number of nitrogens with zero attached hydrogens (tertiary/aromatic N) is 1. The van der Waals surface area contributed by atoms with Gasteiger partial charge < -0.3 is 4.57 Å². The Labute approximate surface area is 97.4 Å². The van der Waals surface area contributed by atoms with E-state index in [1.165, 1.54) is 25.7 Å². The van der Waals surface area contributed by atoms with Crippen LogP contribution in [0.4, 0.5) is 0 Å². The van der Waals surface area contributed by atoms with Crippen LogP contribution in [-0.2, 0) is 6.54 Å². The van der Waals surface area contributed by atoms with Crippen LogP contribution in [0.5, 0.6) is 0 Å². The lowest BCUT2D eigenvalue weighted by molar-refractivity contribution is 0.600. The minimum Gasteiger partial charge on any atom is -0.315 e. The van der Waals surface area contributed by atoms with Crippen LogP contribution in [0.3, 0.4) is 0 Å². The molecule has 3 heteroatoms. The smallest absolute Gasteiger partial charge is 0.255 e. The summed E-state index contributed by atoms with van der Waals surface area (Å²) in [5.74, 6) is 1.29. The van der Waals surface area contributed by atoms with E-state index in [9.17, 15) is 4.79 Å². The molecule has 80 valence electrons. The molecule has 2 saturated carbocycles. The van der Waals surface area contributed by atoms with Crippen molar-refractivity contribution in [3.8, 4) is 0 Å². The molecule has 1 aromatic heterocycles. The van der Waals surface area contributed by atoms with E-state index in [2.05, 4.69) is 15.9 Å². The summed E-state index contributed by atoms with van der Waals surface area (Å²) < 4.78 is 2.90. The fourth-order valence-corrected chi connectivity index (χ4v) is 2.65. The van der Waals surface area contributed by atoms with Crippen LogP contribution in [0.25, 0.3) is 0 Å². The van der Waals surface area contributed by atoms with Crippen molar-refractivity contribution in [2.45, 2.75) is 38.1 Å². The first-order valence-electron chi connectivity index (χ1n) is 5.64. The van der Waals surface area contributed by atoms with Crippen molar-refractivity contribution >= 4 is 15.9 Å². The SMILES string of the molecule is O=c1c(C2CC2)c(Br)ccn1CC1CC1. The maximum Gasteiger partial charge on any atom is 0.255 e. The van der Waals surface area contributed by atoms with Gasteiger partial charge in [0, 0.05) is 22.8 Å². The molecule has 0 N–H and O–H groups in total. The Bertz CT molecular complexity index is 443. The number of hydrogen-bond donors (Lipinski definition) is 0. The molecular formula is C12H14BrNO. The van der Waals surface area contributed by atoms with Crippen molar-refractivity contribution in [1.82, 2.24) is 4.57 Å². The molecule has 0 radical (unpaired) electrons. The van der Waals surface area contributed by atoms with E-state index < -0.39 is 0 Å². The van der Waals surface area contributed by atoms with Gasteiger partial charge >= 0.3 is 0 Å². The Morgan fingerprint density at radius 3 is 2.67 bits per heavy atom.